The van der Waals surface area contributed by atoms with Gasteiger partial charge in [0.25, 0.3) is 0 Å². The van der Waals surface area contributed by atoms with E-state index in [1.54, 1.807) is 23.6 Å². The predicted octanol–water partition coefficient (Wildman–Crippen LogP) is 3.08. The number of aromatic nitrogens is 1. The molecule has 0 aromatic carbocycles. The summed E-state index contributed by atoms with van der Waals surface area (Å²) in [4.78, 5) is 15.9. The smallest absolute Gasteiger partial charge is 0.181 e. The van der Waals surface area contributed by atoms with Crippen molar-refractivity contribution >= 4 is 22.7 Å². The molecule has 0 atom stereocenters. The molecule has 0 saturated heterocycles. The van der Waals surface area contributed by atoms with Crippen LogP contribution in [0.5, 0.6) is 0 Å². The molecule has 78 valence electrons. The summed E-state index contributed by atoms with van der Waals surface area (Å²) in [6, 6.07) is 0. The molecular formula is C12H13NOS. The zero-order valence-corrected chi connectivity index (χ0v) is 9.73. The van der Waals surface area contributed by atoms with Crippen LogP contribution in [0.2, 0.25) is 0 Å². The molecule has 0 radical (unpaired) electrons. The second-order valence-corrected chi connectivity index (χ2v) is 5.32. The van der Waals surface area contributed by atoms with Gasteiger partial charge in [-0.25, -0.2) is 4.98 Å². The molecule has 1 heterocycles. The predicted molar refractivity (Wildman–Crippen MR) is 62.6 cm³/mol. The molecule has 1 aliphatic rings. The zero-order chi connectivity index (χ0) is 11.1. The van der Waals surface area contributed by atoms with Crippen LogP contribution in [0.15, 0.2) is 29.8 Å². The summed E-state index contributed by atoms with van der Waals surface area (Å²) in [6.07, 6.45) is 4.17. The molecule has 1 aliphatic carbocycles. The molecule has 0 saturated carbocycles. The Morgan fingerprint density at radius 1 is 1.53 bits per heavy atom. The number of allylic oxidation sites excluding steroid dienone is 3. The Labute approximate surface area is 93.4 Å². The molecule has 3 heteroatoms. The summed E-state index contributed by atoms with van der Waals surface area (Å²) < 4.78 is 0. The monoisotopic (exact) mass is 219 g/mol. The SMILES string of the molecule is C=C1CC(C)(C)C(c2nccs2)=CC1=O. The summed E-state index contributed by atoms with van der Waals surface area (Å²) in [7, 11) is 0. The summed E-state index contributed by atoms with van der Waals surface area (Å²) in [5.74, 6) is 0.0412. The van der Waals surface area contributed by atoms with Crippen LogP contribution in [0.4, 0.5) is 0 Å². The first kappa shape index (κ1) is 10.3. The number of carbonyl (C=O) groups is 1. The molecule has 15 heavy (non-hydrogen) atoms. The first-order valence-corrected chi connectivity index (χ1v) is 5.73. The van der Waals surface area contributed by atoms with Crippen molar-refractivity contribution < 1.29 is 4.79 Å². The standard InChI is InChI=1S/C12H13NOS/c1-8-7-12(2,3)9(6-10(8)14)11-13-4-5-15-11/h4-6H,1,7H2,2-3H3. The van der Waals surface area contributed by atoms with Gasteiger partial charge in [0.15, 0.2) is 5.78 Å². The Bertz CT molecular complexity index is 440. The first-order chi connectivity index (χ1) is 7.00. The van der Waals surface area contributed by atoms with E-state index in [4.69, 9.17) is 0 Å². The lowest BCUT2D eigenvalue weighted by molar-refractivity contribution is -0.111. The number of carbonyl (C=O) groups excluding carboxylic acids is 1. The number of nitrogens with zero attached hydrogens (tertiary/aromatic N) is 1. The van der Waals surface area contributed by atoms with Crippen LogP contribution in [0.1, 0.15) is 25.3 Å². The summed E-state index contributed by atoms with van der Waals surface area (Å²) >= 11 is 1.57. The van der Waals surface area contributed by atoms with Crippen LogP contribution in [0.3, 0.4) is 0 Å². The molecule has 0 bridgehead atoms. The van der Waals surface area contributed by atoms with Gasteiger partial charge in [-0.05, 0) is 29.1 Å². The fourth-order valence-electron chi connectivity index (χ4n) is 1.85. The number of ketones is 1. The highest BCUT2D eigenvalue weighted by Gasteiger charge is 2.32. The lowest BCUT2D eigenvalue weighted by Crippen LogP contribution is -2.22. The molecule has 0 N–H and O–H groups in total. The third kappa shape index (κ3) is 1.79. The van der Waals surface area contributed by atoms with Crippen molar-refractivity contribution in [1.29, 1.82) is 0 Å². The molecule has 2 nitrogen and oxygen atoms in total. The Morgan fingerprint density at radius 2 is 2.27 bits per heavy atom. The van der Waals surface area contributed by atoms with Gasteiger partial charge in [0, 0.05) is 11.6 Å². The van der Waals surface area contributed by atoms with Crippen LogP contribution in [0.25, 0.3) is 5.57 Å². The average molecular weight is 219 g/mol. The highest BCUT2D eigenvalue weighted by molar-refractivity contribution is 7.10. The van der Waals surface area contributed by atoms with Gasteiger partial charge in [-0.2, -0.15) is 0 Å². The van der Waals surface area contributed by atoms with Gasteiger partial charge in [0.2, 0.25) is 0 Å². The van der Waals surface area contributed by atoms with E-state index in [0.29, 0.717) is 5.57 Å². The van der Waals surface area contributed by atoms with Gasteiger partial charge in [-0.1, -0.05) is 20.4 Å². The maximum Gasteiger partial charge on any atom is 0.181 e. The minimum atomic E-state index is -0.0388. The van der Waals surface area contributed by atoms with Crippen molar-refractivity contribution in [3.05, 3.63) is 34.8 Å². The normalized spacial score (nSPS) is 20.3. The van der Waals surface area contributed by atoms with Gasteiger partial charge in [-0.3, -0.25) is 4.79 Å². The molecule has 2 rings (SSSR count). The minimum absolute atomic E-state index is 0.0388. The molecule has 0 unspecified atom stereocenters. The van der Waals surface area contributed by atoms with Crippen molar-refractivity contribution in [2.45, 2.75) is 20.3 Å². The van der Waals surface area contributed by atoms with Crippen molar-refractivity contribution in [3.8, 4) is 0 Å². The van der Waals surface area contributed by atoms with E-state index in [0.717, 1.165) is 17.0 Å². The van der Waals surface area contributed by atoms with Gasteiger partial charge < -0.3 is 0 Å². The Morgan fingerprint density at radius 3 is 2.87 bits per heavy atom. The van der Waals surface area contributed by atoms with Crippen LogP contribution in [0, 0.1) is 5.41 Å². The fourth-order valence-corrected chi connectivity index (χ4v) is 2.69. The van der Waals surface area contributed by atoms with E-state index in [1.807, 2.05) is 5.38 Å². The maximum atomic E-state index is 11.6. The van der Waals surface area contributed by atoms with Crippen molar-refractivity contribution in [2.24, 2.45) is 5.41 Å². The van der Waals surface area contributed by atoms with E-state index in [9.17, 15) is 4.79 Å². The number of hydrogen-bond donors (Lipinski definition) is 0. The minimum Gasteiger partial charge on any atom is -0.290 e. The third-order valence-electron chi connectivity index (χ3n) is 2.67. The quantitative estimate of drug-likeness (QED) is 0.679. The van der Waals surface area contributed by atoms with Crippen molar-refractivity contribution in [3.63, 3.8) is 0 Å². The van der Waals surface area contributed by atoms with Gasteiger partial charge in [0.05, 0.1) is 0 Å². The third-order valence-corrected chi connectivity index (χ3v) is 3.48. The summed E-state index contributed by atoms with van der Waals surface area (Å²) in [5, 5.41) is 2.88. The highest BCUT2D eigenvalue weighted by atomic mass is 32.1. The van der Waals surface area contributed by atoms with Crippen LogP contribution in [-0.4, -0.2) is 10.8 Å². The fraction of sp³-hybridized carbons (Fsp3) is 0.333. The largest absolute Gasteiger partial charge is 0.290 e. The lowest BCUT2D eigenvalue weighted by Gasteiger charge is -2.30. The van der Waals surface area contributed by atoms with Crippen molar-refractivity contribution in [2.75, 3.05) is 0 Å². The molecular weight excluding hydrogens is 206 g/mol. The molecule has 0 fully saturated rings. The molecule has 1 aromatic rings. The van der Waals surface area contributed by atoms with Crippen molar-refractivity contribution in [1.82, 2.24) is 4.98 Å². The topological polar surface area (TPSA) is 30.0 Å². The Balaban J connectivity index is 2.50. The molecule has 0 aliphatic heterocycles. The van der Waals surface area contributed by atoms with E-state index in [2.05, 4.69) is 25.4 Å². The first-order valence-electron chi connectivity index (χ1n) is 4.85. The number of hydrogen-bond acceptors (Lipinski definition) is 3. The second-order valence-electron chi connectivity index (χ2n) is 4.42. The van der Waals surface area contributed by atoms with E-state index >= 15 is 0 Å². The van der Waals surface area contributed by atoms with E-state index in [1.165, 1.54) is 0 Å². The Hall–Kier alpha value is -1.22. The highest BCUT2D eigenvalue weighted by Crippen LogP contribution is 2.43. The van der Waals surface area contributed by atoms with Crippen LogP contribution in [-0.2, 0) is 4.79 Å². The summed E-state index contributed by atoms with van der Waals surface area (Å²) in [5.41, 5.74) is 1.69. The molecule has 0 spiro atoms. The van der Waals surface area contributed by atoms with E-state index < -0.39 is 0 Å². The van der Waals surface area contributed by atoms with Gasteiger partial charge in [-0.15, -0.1) is 11.3 Å². The molecule has 0 amide bonds. The van der Waals surface area contributed by atoms with Crippen LogP contribution < -0.4 is 0 Å². The average Bonchev–Trinajstić information content (AvgIpc) is 2.63. The van der Waals surface area contributed by atoms with E-state index in [-0.39, 0.29) is 11.2 Å². The summed E-state index contributed by atoms with van der Waals surface area (Å²) in [6.45, 7) is 8.04. The maximum absolute atomic E-state index is 11.6. The van der Waals surface area contributed by atoms with Gasteiger partial charge >= 0.3 is 0 Å². The number of rotatable bonds is 1. The number of thiazole rings is 1. The van der Waals surface area contributed by atoms with Gasteiger partial charge in [0.1, 0.15) is 5.01 Å². The zero-order valence-electron chi connectivity index (χ0n) is 8.91. The van der Waals surface area contributed by atoms with Crippen LogP contribution >= 0.6 is 11.3 Å². The Kier molecular flexibility index (Phi) is 2.35. The second kappa shape index (κ2) is 3.42. The lowest BCUT2D eigenvalue weighted by atomic mass is 9.74. The molecule has 1 aromatic heterocycles.